The van der Waals surface area contributed by atoms with E-state index in [4.69, 9.17) is 27.6 Å². The fourth-order valence-corrected chi connectivity index (χ4v) is 3.35. The number of hydrogen-bond donors (Lipinski definition) is 1. The van der Waals surface area contributed by atoms with E-state index in [0.29, 0.717) is 27.2 Å². The average molecular weight is 318 g/mol. The maximum atomic E-state index is 12.2. The largest absolute Gasteiger partial charge is 0.464 e. The second kappa shape index (κ2) is 6.57. The van der Waals surface area contributed by atoms with E-state index in [1.54, 1.807) is 18.2 Å². The van der Waals surface area contributed by atoms with Gasteiger partial charge in [0.2, 0.25) is 0 Å². The molecule has 0 saturated heterocycles. The Balaban J connectivity index is 2.13. The molecule has 3 nitrogen and oxygen atoms in total. The molecule has 0 aliphatic carbocycles. The van der Waals surface area contributed by atoms with Crippen LogP contribution in [0.2, 0.25) is 10.0 Å². The lowest BCUT2D eigenvalue weighted by Gasteiger charge is -2.04. The predicted molar refractivity (Wildman–Crippen MR) is 78.0 cm³/mol. The van der Waals surface area contributed by atoms with Gasteiger partial charge < -0.3 is 9.73 Å². The summed E-state index contributed by atoms with van der Waals surface area (Å²) in [5.41, 5.74) is 0. The maximum absolute atomic E-state index is 12.2. The topological polar surface area (TPSA) is 42.2 Å². The molecule has 0 fully saturated rings. The Morgan fingerprint density at radius 1 is 1.21 bits per heavy atom. The van der Waals surface area contributed by atoms with Crippen molar-refractivity contribution in [2.24, 2.45) is 0 Å². The molecule has 0 aliphatic rings. The summed E-state index contributed by atoms with van der Waals surface area (Å²) in [6.45, 7) is 0.643. The van der Waals surface area contributed by atoms with Crippen molar-refractivity contribution in [2.75, 3.05) is 7.05 Å². The molecule has 102 valence electrons. The van der Waals surface area contributed by atoms with E-state index in [1.807, 2.05) is 19.2 Å². The van der Waals surface area contributed by atoms with E-state index in [-0.39, 0.29) is 5.75 Å². The molecule has 2 rings (SSSR count). The number of nitrogens with one attached hydrogen (secondary N) is 1. The SMILES string of the molecule is CNCc1ccc(CS(=O)c2cc(Cl)ccc2Cl)o1. The van der Waals surface area contributed by atoms with Crippen LogP contribution in [0.5, 0.6) is 0 Å². The summed E-state index contributed by atoms with van der Waals surface area (Å²) in [7, 11) is 0.562. The summed E-state index contributed by atoms with van der Waals surface area (Å²) in [5, 5.41) is 3.96. The summed E-state index contributed by atoms with van der Waals surface area (Å²) in [5.74, 6) is 1.76. The van der Waals surface area contributed by atoms with Gasteiger partial charge in [-0.15, -0.1) is 0 Å². The minimum absolute atomic E-state index is 0.282. The molecule has 0 spiro atoms. The first-order valence-electron chi connectivity index (χ1n) is 5.66. The Kier molecular flexibility index (Phi) is 5.05. The number of furan rings is 1. The quantitative estimate of drug-likeness (QED) is 0.916. The number of halogens is 2. The summed E-state index contributed by atoms with van der Waals surface area (Å²) in [6, 6.07) is 8.62. The van der Waals surface area contributed by atoms with E-state index in [2.05, 4.69) is 5.32 Å². The molecule has 1 unspecified atom stereocenters. The molecule has 0 amide bonds. The lowest BCUT2D eigenvalue weighted by Crippen LogP contribution is -2.03. The lowest BCUT2D eigenvalue weighted by molar-refractivity contribution is 0.467. The standard InChI is InChI=1S/C13H13Cl2NO2S/c1-16-7-10-3-4-11(18-10)8-19(17)13-6-9(14)2-5-12(13)15/h2-6,16H,7-8H2,1H3. The predicted octanol–water partition coefficient (Wildman–Crippen LogP) is 3.61. The van der Waals surface area contributed by atoms with Gasteiger partial charge in [-0.25, -0.2) is 0 Å². The van der Waals surface area contributed by atoms with Crippen LogP contribution in [0.25, 0.3) is 0 Å². The van der Waals surface area contributed by atoms with Crippen molar-refractivity contribution in [3.63, 3.8) is 0 Å². The van der Waals surface area contributed by atoms with E-state index in [1.165, 1.54) is 0 Å². The van der Waals surface area contributed by atoms with Crippen molar-refractivity contribution in [1.82, 2.24) is 5.32 Å². The van der Waals surface area contributed by atoms with Crippen LogP contribution in [0, 0.1) is 0 Å². The summed E-state index contributed by atoms with van der Waals surface area (Å²) in [6.07, 6.45) is 0. The third-order valence-electron chi connectivity index (χ3n) is 2.48. The van der Waals surface area contributed by atoms with Crippen LogP contribution in [0.4, 0.5) is 0 Å². The van der Waals surface area contributed by atoms with E-state index >= 15 is 0 Å². The van der Waals surface area contributed by atoms with Crippen LogP contribution in [-0.4, -0.2) is 11.3 Å². The molecule has 1 aromatic heterocycles. The first kappa shape index (κ1) is 14.6. The van der Waals surface area contributed by atoms with Crippen molar-refractivity contribution < 1.29 is 8.63 Å². The molecule has 6 heteroatoms. The molecular weight excluding hydrogens is 305 g/mol. The Hall–Kier alpha value is -0.810. The Bertz CT molecular complexity index is 598. The van der Waals surface area contributed by atoms with E-state index in [9.17, 15) is 4.21 Å². The third kappa shape index (κ3) is 3.83. The van der Waals surface area contributed by atoms with Crippen LogP contribution in [0.1, 0.15) is 11.5 Å². The summed E-state index contributed by atoms with van der Waals surface area (Å²) >= 11 is 11.9. The highest BCUT2D eigenvalue weighted by molar-refractivity contribution is 7.84. The summed E-state index contributed by atoms with van der Waals surface area (Å²) in [4.78, 5) is 0.528. The molecule has 1 N–H and O–H groups in total. The van der Waals surface area contributed by atoms with Gasteiger partial charge in [0.1, 0.15) is 11.5 Å². The first-order chi connectivity index (χ1) is 9.10. The Morgan fingerprint density at radius 3 is 2.68 bits per heavy atom. The normalized spacial score (nSPS) is 12.6. The van der Waals surface area contributed by atoms with Gasteiger partial charge in [-0.1, -0.05) is 23.2 Å². The molecular formula is C13H13Cl2NO2S. The molecule has 1 atom stereocenters. The number of hydrogen-bond acceptors (Lipinski definition) is 3. The molecule has 1 heterocycles. The molecule has 0 aliphatic heterocycles. The van der Waals surface area contributed by atoms with Crippen LogP contribution in [0.15, 0.2) is 39.6 Å². The van der Waals surface area contributed by atoms with Gasteiger partial charge in [0.15, 0.2) is 0 Å². The van der Waals surface area contributed by atoms with Crippen LogP contribution in [-0.2, 0) is 23.1 Å². The molecule has 19 heavy (non-hydrogen) atoms. The summed E-state index contributed by atoms with van der Waals surface area (Å²) < 4.78 is 17.8. The number of benzene rings is 1. The van der Waals surface area contributed by atoms with Crippen LogP contribution < -0.4 is 5.32 Å². The number of rotatable bonds is 5. The van der Waals surface area contributed by atoms with Crippen molar-refractivity contribution >= 4 is 34.0 Å². The van der Waals surface area contributed by atoms with E-state index < -0.39 is 10.8 Å². The highest BCUT2D eigenvalue weighted by Crippen LogP contribution is 2.25. The zero-order valence-electron chi connectivity index (χ0n) is 10.3. The fourth-order valence-electron chi connectivity index (χ4n) is 1.63. The molecule has 0 bridgehead atoms. The van der Waals surface area contributed by atoms with Gasteiger partial charge in [-0.05, 0) is 37.4 Å². The minimum atomic E-state index is -1.28. The lowest BCUT2D eigenvalue weighted by atomic mass is 10.4. The van der Waals surface area contributed by atoms with Crippen molar-refractivity contribution in [2.45, 2.75) is 17.2 Å². The van der Waals surface area contributed by atoms with Crippen molar-refractivity contribution in [1.29, 1.82) is 0 Å². The Morgan fingerprint density at radius 2 is 1.95 bits per heavy atom. The minimum Gasteiger partial charge on any atom is -0.464 e. The molecule has 2 aromatic rings. The maximum Gasteiger partial charge on any atom is 0.117 e. The zero-order valence-corrected chi connectivity index (χ0v) is 12.6. The highest BCUT2D eigenvalue weighted by Gasteiger charge is 2.12. The molecule has 1 aromatic carbocycles. The smallest absolute Gasteiger partial charge is 0.117 e. The van der Waals surface area contributed by atoms with Crippen molar-refractivity contribution in [3.8, 4) is 0 Å². The monoisotopic (exact) mass is 317 g/mol. The van der Waals surface area contributed by atoms with Gasteiger partial charge in [-0.3, -0.25) is 4.21 Å². The fraction of sp³-hybridized carbons (Fsp3) is 0.231. The van der Waals surface area contributed by atoms with Gasteiger partial charge in [-0.2, -0.15) is 0 Å². The average Bonchev–Trinajstić information content (AvgIpc) is 2.80. The third-order valence-corrected chi connectivity index (χ3v) is 4.53. The second-order valence-corrected chi connectivity index (χ2v) is 6.23. The van der Waals surface area contributed by atoms with Gasteiger partial charge in [0, 0.05) is 5.02 Å². The van der Waals surface area contributed by atoms with Gasteiger partial charge >= 0.3 is 0 Å². The first-order valence-corrected chi connectivity index (χ1v) is 7.73. The van der Waals surface area contributed by atoms with Crippen molar-refractivity contribution in [3.05, 3.63) is 51.9 Å². The molecule has 0 saturated carbocycles. The second-order valence-electron chi connectivity index (χ2n) is 3.96. The highest BCUT2D eigenvalue weighted by atomic mass is 35.5. The van der Waals surface area contributed by atoms with Crippen LogP contribution >= 0.6 is 23.2 Å². The zero-order chi connectivity index (χ0) is 13.8. The van der Waals surface area contributed by atoms with E-state index in [0.717, 1.165) is 5.76 Å². The molecule has 0 radical (unpaired) electrons. The Labute approximate surface area is 124 Å². The van der Waals surface area contributed by atoms with Crippen LogP contribution in [0.3, 0.4) is 0 Å². The van der Waals surface area contributed by atoms with Gasteiger partial charge in [0.25, 0.3) is 0 Å². The van der Waals surface area contributed by atoms with Gasteiger partial charge in [0.05, 0.1) is 33.0 Å².